The first-order chi connectivity index (χ1) is 5.63. The molecule has 0 amide bonds. The molecule has 0 aliphatic heterocycles. The molecule has 12 heavy (non-hydrogen) atoms. The standard InChI is InChI=1S/C9H14N2O/c1-7(2)9(8(3)6-12)11-5-4-10/h4-6,11H,3,10H2,1-2H3/b5-4+. The lowest BCUT2D eigenvalue weighted by molar-refractivity contribution is -0.104. The lowest BCUT2D eigenvalue weighted by Gasteiger charge is -2.07. The van der Waals surface area contributed by atoms with Gasteiger partial charge in [-0.1, -0.05) is 12.2 Å². The first kappa shape index (κ1) is 10.5. The molecule has 0 aromatic heterocycles. The molecule has 0 aromatic carbocycles. The van der Waals surface area contributed by atoms with E-state index in [0.29, 0.717) is 17.6 Å². The summed E-state index contributed by atoms with van der Waals surface area (Å²) in [6.45, 7) is 7.37. The summed E-state index contributed by atoms with van der Waals surface area (Å²) in [5.74, 6) is 0. The Hall–Kier alpha value is -1.51. The van der Waals surface area contributed by atoms with Crippen LogP contribution in [0.25, 0.3) is 0 Å². The quantitative estimate of drug-likeness (QED) is 0.373. The average molecular weight is 166 g/mol. The largest absolute Gasteiger partial charge is 0.403 e. The topological polar surface area (TPSA) is 55.1 Å². The van der Waals surface area contributed by atoms with Crippen LogP contribution in [0.1, 0.15) is 13.8 Å². The van der Waals surface area contributed by atoms with Gasteiger partial charge in [0.2, 0.25) is 0 Å². The second kappa shape index (κ2) is 5.18. The summed E-state index contributed by atoms with van der Waals surface area (Å²) < 4.78 is 0. The minimum absolute atomic E-state index is 0.424. The van der Waals surface area contributed by atoms with Crippen molar-refractivity contribution in [2.24, 2.45) is 5.73 Å². The van der Waals surface area contributed by atoms with Crippen LogP contribution < -0.4 is 11.1 Å². The predicted molar refractivity (Wildman–Crippen MR) is 50.0 cm³/mol. The molecule has 3 heteroatoms. The predicted octanol–water partition coefficient (Wildman–Crippen LogP) is 1.05. The van der Waals surface area contributed by atoms with Crippen LogP contribution in [-0.4, -0.2) is 6.29 Å². The van der Waals surface area contributed by atoms with Crippen LogP contribution in [0.5, 0.6) is 0 Å². The van der Waals surface area contributed by atoms with Crippen molar-refractivity contribution in [2.75, 3.05) is 0 Å². The number of carbonyl (C=O) groups excluding carboxylic acids is 1. The molecule has 0 atom stereocenters. The Morgan fingerprint density at radius 2 is 2.08 bits per heavy atom. The molecule has 0 fully saturated rings. The minimum Gasteiger partial charge on any atom is -0.403 e. The van der Waals surface area contributed by atoms with Crippen molar-refractivity contribution in [2.45, 2.75) is 13.8 Å². The Morgan fingerprint density at radius 1 is 1.50 bits per heavy atom. The van der Waals surface area contributed by atoms with E-state index in [1.165, 1.54) is 6.20 Å². The van der Waals surface area contributed by atoms with Crippen molar-refractivity contribution >= 4 is 6.29 Å². The molecule has 0 aliphatic rings. The summed E-state index contributed by atoms with van der Waals surface area (Å²) in [6.07, 6.45) is 3.62. The summed E-state index contributed by atoms with van der Waals surface area (Å²) in [4.78, 5) is 10.4. The molecule has 3 N–H and O–H groups in total. The minimum atomic E-state index is 0.424. The van der Waals surface area contributed by atoms with E-state index in [1.54, 1.807) is 6.20 Å². The highest BCUT2D eigenvalue weighted by atomic mass is 16.1. The molecule has 0 aliphatic carbocycles. The zero-order valence-electron chi connectivity index (χ0n) is 7.42. The Morgan fingerprint density at radius 3 is 2.42 bits per heavy atom. The third-order valence-corrected chi connectivity index (χ3v) is 1.29. The van der Waals surface area contributed by atoms with E-state index < -0.39 is 0 Å². The van der Waals surface area contributed by atoms with Gasteiger partial charge in [0.1, 0.15) is 0 Å². The van der Waals surface area contributed by atoms with Crippen molar-refractivity contribution in [1.29, 1.82) is 0 Å². The molecule has 0 spiro atoms. The van der Waals surface area contributed by atoms with Crippen molar-refractivity contribution in [3.63, 3.8) is 0 Å². The highest BCUT2D eigenvalue weighted by molar-refractivity contribution is 5.79. The first-order valence-corrected chi connectivity index (χ1v) is 3.58. The number of carbonyl (C=O) groups is 1. The van der Waals surface area contributed by atoms with Gasteiger partial charge >= 0.3 is 0 Å². The summed E-state index contributed by atoms with van der Waals surface area (Å²) in [5.41, 5.74) is 7.26. The number of allylic oxidation sites excluding steroid dienone is 2. The Kier molecular flexibility index (Phi) is 4.53. The first-order valence-electron chi connectivity index (χ1n) is 3.58. The number of hydrogen-bond donors (Lipinski definition) is 2. The fourth-order valence-electron chi connectivity index (χ4n) is 0.749. The third kappa shape index (κ3) is 3.05. The molecular weight excluding hydrogens is 152 g/mol. The SMILES string of the molecule is C=C(C=O)C(N/C=C/N)=C(C)C. The van der Waals surface area contributed by atoms with Crippen LogP contribution in [-0.2, 0) is 4.79 Å². The van der Waals surface area contributed by atoms with E-state index in [0.717, 1.165) is 5.57 Å². The number of aldehydes is 1. The molecule has 0 saturated carbocycles. The number of nitrogens with one attached hydrogen (secondary N) is 1. The second-order valence-electron chi connectivity index (χ2n) is 2.52. The van der Waals surface area contributed by atoms with Gasteiger partial charge in [-0.15, -0.1) is 0 Å². The molecule has 0 rings (SSSR count). The maximum atomic E-state index is 10.4. The molecule has 0 aromatic rings. The van der Waals surface area contributed by atoms with Crippen molar-refractivity contribution in [3.8, 4) is 0 Å². The lowest BCUT2D eigenvalue weighted by atomic mass is 10.1. The molecule has 3 nitrogen and oxygen atoms in total. The fourth-order valence-corrected chi connectivity index (χ4v) is 0.749. The van der Waals surface area contributed by atoms with Crippen LogP contribution in [0, 0.1) is 0 Å². The summed E-state index contributed by atoms with van der Waals surface area (Å²) in [5, 5.41) is 2.86. The average Bonchev–Trinajstić information content (AvgIpc) is 2.04. The Labute approximate surface area is 72.6 Å². The zero-order chi connectivity index (χ0) is 9.56. The zero-order valence-corrected chi connectivity index (χ0v) is 7.42. The van der Waals surface area contributed by atoms with Gasteiger partial charge < -0.3 is 11.1 Å². The van der Waals surface area contributed by atoms with Gasteiger partial charge in [0.25, 0.3) is 0 Å². The summed E-state index contributed by atoms with van der Waals surface area (Å²) >= 11 is 0. The monoisotopic (exact) mass is 166 g/mol. The highest BCUT2D eigenvalue weighted by Gasteiger charge is 2.00. The van der Waals surface area contributed by atoms with Gasteiger partial charge in [-0.25, -0.2) is 0 Å². The summed E-state index contributed by atoms with van der Waals surface area (Å²) in [7, 11) is 0. The van der Waals surface area contributed by atoms with Gasteiger partial charge in [-0.3, -0.25) is 4.79 Å². The highest BCUT2D eigenvalue weighted by Crippen LogP contribution is 2.06. The van der Waals surface area contributed by atoms with E-state index in [4.69, 9.17) is 5.73 Å². The van der Waals surface area contributed by atoms with Gasteiger partial charge in [0, 0.05) is 23.7 Å². The Bertz CT molecular complexity index is 235. The van der Waals surface area contributed by atoms with Crippen molar-refractivity contribution in [3.05, 3.63) is 35.8 Å². The molecule has 66 valence electrons. The van der Waals surface area contributed by atoms with E-state index in [-0.39, 0.29) is 0 Å². The van der Waals surface area contributed by atoms with Crippen LogP contribution >= 0.6 is 0 Å². The maximum absolute atomic E-state index is 10.4. The molecular formula is C9H14N2O. The maximum Gasteiger partial charge on any atom is 0.151 e. The number of nitrogens with two attached hydrogens (primary N) is 1. The number of hydrogen-bond acceptors (Lipinski definition) is 3. The van der Waals surface area contributed by atoms with Crippen LogP contribution in [0.4, 0.5) is 0 Å². The molecule has 0 heterocycles. The normalized spacial score (nSPS) is 9.50. The van der Waals surface area contributed by atoms with Crippen molar-refractivity contribution < 1.29 is 4.79 Å². The lowest BCUT2D eigenvalue weighted by Crippen LogP contribution is -2.10. The van der Waals surface area contributed by atoms with Crippen LogP contribution in [0.2, 0.25) is 0 Å². The molecule has 0 unspecified atom stereocenters. The van der Waals surface area contributed by atoms with Crippen molar-refractivity contribution in [1.82, 2.24) is 5.32 Å². The summed E-state index contributed by atoms with van der Waals surface area (Å²) in [6, 6.07) is 0. The van der Waals surface area contributed by atoms with Gasteiger partial charge in [-0.2, -0.15) is 0 Å². The van der Waals surface area contributed by atoms with Gasteiger partial charge in [-0.05, 0) is 13.8 Å². The smallest absolute Gasteiger partial charge is 0.151 e. The van der Waals surface area contributed by atoms with Gasteiger partial charge in [0.05, 0.1) is 0 Å². The fraction of sp³-hybridized carbons (Fsp3) is 0.222. The Balaban J connectivity index is 4.58. The van der Waals surface area contributed by atoms with E-state index in [9.17, 15) is 4.79 Å². The number of rotatable bonds is 4. The molecule has 0 bridgehead atoms. The van der Waals surface area contributed by atoms with E-state index >= 15 is 0 Å². The van der Waals surface area contributed by atoms with Gasteiger partial charge in [0.15, 0.2) is 6.29 Å². The van der Waals surface area contributed by atoms with Crippen LogP contribution in [0.15, 0.2) is 35.8 Å². The third-order valence-electron chi connectivity index (χ3n) is 1.29. The molecule has 0 saturated heterocycles. The van der Waals surface area contributed by atoms with Crippen LogP contribution in [0.3, 0.4) is 0 Å². The molecule has 0 radical (unpaired) electrons. The van der Waals surface area contributed by atoms with E-state index in [2.05, 4.69) is 11.9 Å². The van der Waals surface area contributed by atoms with E-state index in [1.807, 2.05) is 13.8 Å². The second-order valence-corrected chi connectivity index (χ2v) is 2.52.